The van der Waals surface area contributed by atoms with E-state index >= 15 is 0 Å². The summed E-state index contributed by atoms with van der Waals surface area (Å²) in [6, 6.07) is 11.8. The third kappa shape index (κ3) is 4.73. The molecule has 1 aliphatic rings. The Hall–Kier alpha value is -2.88. The first-order chi connectivity index (χ1) is 14.9. The Morgan fingerprint density at radius 1 is 1.10 bits per heavy atom. The highest BCUT2D eigenvalue weighted by Crippen LogP contribution is 2.42. The Balaban J connectivity index is 1.97. The minimum absolute atomic E-state index is 0.153. The van der Waals surface area contributed by atoms with Crippen molar-refractivity contribution in [2.45, 2.75) is 70.8 Å². The predicted molar refractivity (Wildman–Crippen MR) is 124 cm³/mol. The van der Waals surface area contributed by atoms with Gasteiger partial charge in [0.15, 0.2) is 11.9 Å². The Kier molecular flexibility index (Phi) is 7.32. The van der Waals surface area contributed by atoms with Crippen molar-refractivity contribution in [3.05, 3.63) is 64.7 Å². The molecule has 1 fully saturated rings. The summed E-state index contributed by atoms with van der Waals surface area (Å²) < 4.78 is 6.09. The number of aryl methyl sites for hydroxylation is 1. The monoisotopic (exact) mass is 420 g/mol. The molecular formula is C27H32O4. The second-order valence-electron chi connectivity index (χ2n) is 8.36. The van der Waals surface area contributed by atoms with Gasteiger partial charge in [0.1, 0.15) is 17.8 Å². The van der Waals surface area contributed by atoms with Gasteiger partial charge in [0.2, 0.25) is 0 Å². The van der Waals surface area contributed by atoms with Gasteiger partial charge in [0, 0.05) is 17.4 Å². The van der Waals surface area contributed by atoms with Crippen LogP contribution < -0.4 is 4.74 Å². The molecule has 2 aromatic carbocycles. The minimum atomic E-state index is -0.329. The first kappa shape index (κ1) is 22.8. The second-order valence-corrected chi connectivity index (χ2v) is 8.36. The number of ether oxygens (including phenoxy) is 1. The van der Waals surface area contributed by atoms with Crippen LogP contribution in [-0.2, 0) is 15.0 Å². The summed E-state index contributed by atoms with van der Waals surface area (Å²) in [5.74, 6) is 1.12. The number of Topliss-reactive ketones (excluding diaryl/α,β-unsaturated/α-hetero) is 1. The van der Waals surface area contributed by atoms with Crippen molar-refractivity contribution in [3.63, 3.8) is 0 Å². The first-order valence-electron chi connectivity index (χ1n) is 11.2. The number of hydrogen-bond acceptors (Lipinski definition) is 4. The molecule has 2 aromatic rings. The Morgan fingerprint density at radius 3 is 2.45 bits per heavy atom. The van der Waals surface area contributed by atoms with Gasteiger partial charge in [-0.15, -0.1) is 0 Å². The number of ketones is 1. The maximum Gasteiger partial charge on any atom is 0.173 e. The molecule has 0 radical (unpaired) electrons. The fourth-order valence-corrected chi connectivity index (χ4v) is 4.67. The number of allylic oxidation sites excluding steroid dienone is 1. The van der Waals surface area contributed by atoms with E-state index in [9.17, 15) is 14.7 Å². The van der Waals surface area contributed by atoms with Gasteiger partial charge >= 0.3 is 0 Å². The molecule has 0 aliphatic heterocycles. The molecule has 4 heteroatoms. The second kappa shape index (κ2) is 9.95. The van der Waals surface area contributed by atoms with Crippen molar-refractivity contribution in [1.29, 1.82) is 0 Å². The fraction of sp³-hybridized carbons (Fsp3) is 0.407. The van der Waals surface area contributed by atoms with Crippen molar-refractivity contribution in [2.75, 3.05) is 0 Å². The molecule has 1 unspecified atom stereocenters. The topological polar surface area (TPSA) is 63.6 Å². The molecule has 0 heterocycles. The zero-order valence-electron chi connectivity index (χ0n) is 18.7. The molecule has 1 aliphatic carbocycles. The summed E-state index contributed by atoms with van der Waals surface area (Å²) >= 11 is 0. The van der Waals surface area contributed by atoms with Crippen molar-refractivity contribution < 1.29 is 19.4 Å². The number of phenolic OH excluding ortho intramolecular Hbond substituents is 1. The van der Waals surface area contributed by atoms with E-state index in [-0.39, 0.29) is 23.1 Å². The zero-order valence-corrected chi connectivity index (χ0v) is 18.7. The van der Waals surface area contributed by atoms with E-state index in [0.29, 0.717) is 18.3 Å². The number of phenols is 1. The predicted octanol–water partition coefficient (Wildman–Crippen LogP) is 5.91. The van der Waals surface area contributed by atoms with E-state index in [1.165, 1.54) is 11.6 Å². The standard InChI is InChI=1S/C27H32O4/c1-4-27(5-2,22-12-14-23(29)20(18-22)9-8-16-28)21-13-15-25(19(3)17-21)31-26-11-7-6-10-24(26)30/h8-9,12-18,26,29H,4-7,10-11H2,1-3H3/b9-8+. The van der Waals surface area contributed by atoms with E-state index in [0.717, 1.165) is 49.0 Å². The van der Waals surface area contributed by atoms with Crippen molar-refractivity contribution in [2.24, 2.45) is 0 Å². The molecule has 164 valence electrons. The number of aromatic hydroxyl groups is 1. The van der Waals surface area contributed by atoms with Gasteiger partial charge in [-0.1, -0.05) is 32.0 Å². The van der Waals surface area contributed by atoms with E-state index < -0.39 is 0 Å². The van der Waals surface area contributed by atoms with Crippen LogP contribution >= 0.6 is 0 Å². The third-order valence-electron chi connectivity index (χ3n) is 6.64. The molecule has 1 saturated carbocycles. The van der Waals surface area contributed by atoms with E-state index in [1.807, 2.05) is 25.1 Å². The summed E-state index contributed by atoms with van der Waals surface area (Å²) in [5.41, 5.74) is 3.68. The molecule has 31 heavy (non-hydrogen) atoms. The van der Waals surface area contributed by atoms with Crippen LogP contribution in [0.4, 0.5) is 0 Å². The normalized spacial score (nSPS) is 17.1. The molecular weight excluding hydrogens is 388 g/mol. The number of hydrogen-bond donors (Lipinski definition) is 1. The highest BCUT2D eigenvalue weighted by Gasteiger charge is 2.32. The zero-order chi connectivity index (χ0) is 22.4. The summed E-state index contributed by atoms with van der Waals surface area (Å²) in [6.07, 6.45) is 8.55. The van der Waals surface area contributed by atoms with Gasteiger partial charge in [-0.2, -0.15) is 0 Å². The highest BCUT2D eigenvalue weighted by molar-refractivity contribution is 5.84. The average Bonchev–Trinajstić information content (AvgIpc) is 2.78. The molecule has 1 N–H and O–H groups in total. The lowest BCUT2D eigenvalue weighted by atomic mass is 9.70. The minimum Gasteiger partial charge on any atom is -0.507 e. The maximum absolute atomic E-state index is 12.2. The lowest BCUT2D eigenvalue weighted by Gasteiger charge is -2.34. The van der Waals surface area contributed by atoms with Crippen LogP contribution in [0.1, 0.15) is 74.6 Å². The SMILES string of the molecule is CCC(CC)(c1ccc(OC2CCCCC2=O)c(C)c1)c1ccc(O)c(/C=C/C=O)c1. The van der Waals surface area contributed by atoms with Gasteiger partial charge in [0.05, 0.1) is 0 Å². The summed E-state index contributed by atoms with van der Waals surface area (Å²) in [7, 11) is 0. The maximum atomic E-state index is 12.2. The molecule has 4 nitrogen and oxygen atoms in total. The number of carbonyl (C=O) groups is 2. The number of aldehydes is 1. The number of carbonyl (C=O) groups excluding carboxylic acids is 2. The summed E-state index contributed by atoms with van der Waals surface area (Å²) in [5, 5.41) is 10.2. The van der Waals surface area contributed by atoms with Crippen LogP contribution in [0, 0.1) is 6.92 Å². The van der Waals surface area contributed by atoms with Crippen LogP contribution in [0.5, 0.6) is 11.5 Å². The summed E-state index contributed by atoms with van der Waals surface area (Å²) in [4.78, 5) is 22.9. The van der Waals surface area contributed by atoms with Gasteiger partial charge in [-0.3, -0.25) is 9.59 Å². The number of rotatable bonds is 8. The van der Waals surface area contributed by atoms with Crippen LogP contribution in [0.25, 0.3) is 6.08 Å². The van der Waals surface area contributed by atoms with Crippen LogP contribution in [0.15, 0.2) is 42.5 Å². The summed E-state index contributed by atoms with van der Waals surface area (Å²) in [6.45, 7) is 6.35. The lowest BCUT2D eigenvalue weighted by molar-refractivity contribution is -0.127. The average molecular weight is 421 g/mol. The molecule has 0 aromatic heterocycles. The Morgan fingerprint density at radius 2 is 1.81 bits per heavy atom. The van der Waals surface area contributed by atoms with Crippen molar-refractivity contribution in [1.82, 2.24) is 0 Å². The van der Waals surface area contributed by atoms with E-state index in [2.05, 4.69) is 26.0 Å². The molecule has 0 spiro atoms. The van der Waals surface area contributed by atoms with Crippen molar-refractivity contribution in [3.8, 4) is 11.5 Å². The fourth-order valence-electron chi connectivity index (χ4n) is 4.67. The van der Waals surface area contributed by atoms with Crippen LogP contribution in [0.2, 0.25) is 0 Å². The molecule has 1 atom stereocenters. The molecule has 3 rings (SSSR count). The molecule has 0 amide bonds. The van der Waals surface area contributed by atoms with Gasteiger partial charge in [-0.05, 0) is 86.1 Å². The van der Waals surface area contributed by atoms with Crippen LogP contribution in [-0.4, -0.2) is 23.3 Å². The first-order valence-corrected chi connectivity index (χ1v) is 11.2. The molecule has 0 bridgehead atoms. The lowest BCUT2D eigenvalue weighted by Crippen LogP contribution is -2.30. The van der Waals surface area contributed by atoms with E-state index in [1.54, 1.807) is 12.1 Å². The van der Waals surface area contributed by atoms with E-state index in [4.69, 9.17) is 4.74 Å². The molecule has 0 saturated heterocycles. The largest absolute Gasteiger partial charge is 0.507 e. The number of benzene rings is 2. The van der Waals surface area contributed by atoms with Crippen molar-refractivity contribution >= 4 is 18.1 Å². The van der Waals surface area contributed by atoms with Gasteiger partial charge in [-0.25, -0.2) is 0 Å². The van der Waals surface area contributed by atoms with Gasteiger partial charge < -0.3 is 9.84 Å². The Bertz CT molecular complexity index is 969. The van der Waals surface area contributed by atoms with Gasteiger partial charge in [0.25, 0.3) is 0 Å². The Labute approximate surface area is 184 Å². The smallest absolute Gasteiger partial charge is 0.173 e. The third-order valence-corrected chi connectivity index (χ3v) is 6.64. The van der Waals surface area contributed by atoms with Crippen LogP contribution in [0.3, 0.4) is 0 Å². The highest BCUT2D eigenvalue weighted by atomic mass is 16.5. The quantitative estimate of drug-likeness (QED) is 0.426.